The van der Waals surface area contributed by atoms with Crippen LogP contribution in [-0.2, 0) is 4.74 Å². The van der Waals surface area contributed by atoms with Crippen molar-refractivity contribution in [3.8, 4) is 12.3 Å². The fourth-order valence-electron chi connectivity index (χ4n) is 1.95. The van der Waals surface area contributed by atoms with Crippen molar-refractivity contribution in [2.75, 3.05) is 13.2 Å². The molecule has 1 aromatic rings. The molecule has 0 aromatic heterocycles. The zero-order valence-corrected chi connectivity index (χ0v) is 12.4. The lowest BCUT2D eigenvalue weighted by atomic mass is 10.1. The second-order valence-corrected chi connectivity index (χ2v) is 4.96. The quantitative estimate of drug-likeness (QED) is 0.680. The number of ether oxygens (including phenoxy) is 1. The Morgan fingerprint density at radius 3 is 2.65 bits per heavy atom. The molecular formula is C17H25NO2. The summed E-state index contributed by atoms with van der Waals surface area (Å²) in [5.41, 5.74) is 1.11. The maximum atomic E-state index is 9.90. The summed E-state index contributed by atoms with van der Waals surface area (Å²) in [6.45, 7) is 4.83. The fraction of sp³-hybridized carbons (Fsp3) is 0.529. The zero-order chi connectivity index (χ0) is 14.8. The van der Waals surface area contributed by atoms with Crippen molar-refractivity contribution >= 4 is 0 Å². The first kappa shape index (κ1) is 16.7. The molecule has 0 saturated carbocycles. The van der Waals surface area contributed by atoms with Crippen LogP contribution in [-0.4, -0.2) is 30.4 Å². The molecule has 20 heavy (non-hydrogen) atoms. The number of nitrogens with one attached hydrogen (secondary N) is 1. The van der Waals surface area contributed by atoms with E-state index in [1.807, 2.05) is 37.3 Å². The molecule has 0 heterocycles. The van der Waals surface area contributed by atoms with E-state index in [0.717, 1.165) is 18.4 Å². The van der Waals surface area contributed by atoms with Crippen LogP contribution in [0.5, 0.6) is 0 Å². The van der Waals surface area contributed by atoms with E-state index in [9.17, 15) is 5.11 Å². The molecule has 0 spiro atoms. The lowest BCUT2D eigenvalue weighted by Gasteiger charge is -2.19. The third kappa shape index (κ3) is 6.21. The molecule has 0 aliphatic rings. The Morgan fingerprint density at radius 2 is 2.05 bits per heavy atom. The van der Waals surface area contributed by atoms with Crippen LogP contribution < -0.4 is 5.32 Å². The smallest absolute Gasteiger partial charge is 0.0898 e. The standard InChI is InChI=1S/C17H25NO2/c1-4-9-16(5-2)18-12-17(19)13-20-14(3)15-10-7-6-8-11-15/h2,6-8,10-11,14,16-19H,4,9,12-13H2,1,3H3. The predicted molar refractivity (Wildman–Crippen MR) is 82.3 cm³/mol. The highest BCUT2D eigenvalue weighted by Gasteiger charge is 2.11. The number of hydrogen-bond donors (Lipinski definition) is 2. The van der Waals surface area contributed by atoms with E-state index >= 15 is 0 Å². The van der Waals surface area contributed by atoms with Crippen LogP contribution >= 0.6 is 0 Å². The van der Waals surface area contributed by atoms with Gasteiger partial charge in [0.25, 0.3) is 0 Å². The minimum atomic E-state index is -0.547. The number of terminal acetylenes is 1. The van der Waals surface area contributed by atoms with Gasteiger partial charge in [0.2, 0.25) is 0 Å². The van der Waals surface area contributed by atoms with Gasteiger partial charge >= 0.3 is 0 Å². The van der Waals surface area contributed by atoms with Crippen LogP contribution in [0.1, 0.15) is 38.4 Å². The summed E-state index contributed by atoms with van der Waals surface area (Å²) in [7, 11) is 0. The third-order valence-corrected chi connectivity index (χ3v) is 3.19. The molecule has 0 bridgehead atoms. The molecule has 0 saturated heterocycles. The summed E-state index contributed by atoms with van der Waals surface area (Å²) >= 11 is 0. The predicted octanol–water partition coefficient (Wildman–Crippen LogP) is 2.52. The fourth-order valence-corrected chi connectivity index (χ4v) is 1.95. The van der Waals surface area contributed by atoms with Gasteiger partial charge in [-0.15, -0.1) is 6.42 Å². The highest BCUT2D eigenvalue weighted by Crippen LogP contribution is 2.15. The second-order valence-electron chi connectivity index (χ2n) is 4.96. The third-order valence-electron chi connectivity index (χ3n) is 3.19. The molecule has 0 fully saturated rings. The molecule has 3 unspecified atom stereocenters. The molecule has 2 N–H and O–H groups in total. The van der Waals surface area contributed by atoms with Gasteiger partial charge in [-0.1, -0.05) is 49.6 Å². The maximum absolute atomic E-state index is 9.90. The maximum Gasteiger partial charge on any atom is 0.0898 e. The highest BCUT2D eigenvalue weighted by atomic mass is 16.5. The Kier molecular flexibility index (Phi) is 7.98. The van der Waals surface area contributed by atoms with Gasteiger partial charge in [-0.2, -0.15) is 0 Å². The van der Waals surface area contributed by atoms with Gasteiger partial charge in [-0.3, -0.25) is 0 Å². The minimum absolute atomic E-state index is 0.0232. The van der Waals surface area contributed by atoms with Crippen molar-refractivity contribution in [3.05, 3.63) is 35.9 Å². The van der Waals surface area contributed by atoms with Crippen molar-refractivity contribution in [3.63, 3.8) is 0 Å². The van der Waals surface area contributed by atoms with E-state index in [-0.39, 0.29) is 12.1 Å². The number of benzene rings is 1. The summed E-state index contributed by atoms with van der Waals surface area (Å²) < 4.78 is 5.67. The first-order chi connectivity index (χ1) is 9.67. The Hall–Kier alpha value is -1.34. The number of aliphatic hydroxyl groups is 1. The highest BCUT2D eigenvalue weighted by molar-refractivity contribution is 5.16. The molecule has 110 valence electrons. The van der Waals surface area contributed by atoms with Crippen molar-refractivity contribution in [2.24, 2.45) is 0 Å². The molecule has 0 aliphatic heterocycles. The van der Waals surface area contributed by atoms with Crippen molar-refractivity contribution in [1.29, 1.82) is 0 Å². The van der Waals surface area contributed by atoms with Crippen molar-refractivity contribution in [2.45, 2.75) is 44.9 Å². The summed E-state index contributed by atoms with van der Waals surface area (Å²) in [5.74, 6) is 2.69. The van der Waals surface area contributed by atoms with E-state index in [1.165, 1.54) is 0 Å². The molecule has 1 aromatic carbocycles. The minimum Gasteiger partial charge on any atom is -0.389 e. The number of hydrogen-bond acceptors (Lipinski definition) is 3. The van der Waals surface area contributed by atoms with E-state index in [0.29, 0.717) is 13.2 Å². The van der Waals surface area contributed by atoms with Crippen LogP contribution in [0.3, 0.4) is 0 Å². The topological polar surface area (TPSA) is 41.5 Å². The van der Waals surface area contributed by atoms with Gasteiger partial charge in [-0.25, -0.2) is 0 Å². The van der Waals surface area contributed by atoms with Crippen molar-refractivity contribution < 1.29 is 9.84 Å². The van der Waals surface area contributed by atoms with E-state index in [4.69, 9.17) is 11.2 Å². The van der Waals surface area contributed by atoms with Gasteiger partial charge in [-0.05, 0) is 18.9 Å². The summed E-state index contributed by atoms with van der Waals surface area (Å²) in [5, 5.41) is 13.1. The average Bonchev–Trinajstić information content (AvgIpc) is 2.49. The van der Waals surface area contributed by atoms with Gasteiger partial charge in [0.05, 0.1) is 24.9 Å². The molecule has 3 heteroatoms. The van der Waals surface area contributed by atoms with E-state index < -0.39 is 6.10 Å². The van der Waals surface area contributed by atoms with E-state index in [1.54, 1.807) is 0 Å². The zero-order valence-electron chi connectivity index (χ0n) is 12.4. The van der Waals surface area contributed by atoms with Crippen molar-refractivity contribution in [1.82, 2.24) is 5.32 Å². The van der Waals surface area contributed by atoms with Crippen LogP contribution in [0.2, 0.25) is 0 Å². The molecule has 0 aliphatic carbocycles. The monoisotopic (exact) mass is 275 g/mol. The number of rotatable bonds is 9. The van der Waals surface area contributed by atoms with Crippen LogP contribution in [0, 0.1) is 12.3 Å². The van der Waals surface area contributed by atoms with Crippen LogP contribution in [0.15, 0.2) is 30.3 Å². The Morgan fingerprint density at radius 1 is 1.35 bits per heavy atom. The molecular weight excluding hydrogens is 250 g/mol. The molecule has 0 radical (unpaired) electrons. The van der Waals surface area contributed by atoms with E-state index in [2.05, 4.69) is 18.2 Å². The molecule has 3 nitrogen and oxygen atoms in total. The average molecular weight is 275 g/mol. The van der Waals surface area contributed by atoms with Crippen LogP contribution in [0.25, 0.3) is 0 Å². The molecule has 3 atom stereocenters. The Balaban J connectivity index is 2.26. The second kappa shape index (κ2) is 9.55. The summed E-state index contributed by atoms with van der Waals surface area (Å²) in [6, 6.07) is 10.0. The normalized spacial score (nSPS) is 15.3. The summed E-state index contributed by atoms with van der Waals surface area (Å²) in [4.78, 5) is 0. The van der Waals surface area contributed by atoms with Gasteiger partial charge in [0, 0.05) is 6.54 Å². The number of aliphatic hydroxyl groups excluding tert-OH is 1. The van der Waals surface area contributed by atoms with Gasteiger partial charge < -0.3 is 15.2 Å². The Labute approximate surface area is 122 Å². The van der Waals surface area contributed by atoms with Gasteiger partial charge in [0.15, 0.2) is 0 Å². The molecule has 0 amide bonds. The van der Waals surface area contributed by atoms with Gasteiger partial charge in [0.1, 0.15) is 0 Å². The Bertz CT molecular complexity index is 399. The largest absolute Gasteiger partial charge is 0.389 e. The SMILES string of the molecule is C#CC(CCC)NCC(O)COC(C)c1ccccc1. The first-order valence-electron chi connectivity index (χ1n) is 7.21. The lowest BCUT2D eigenvalue weighted by molar-refractivity contribution is -0.00248. The molecule has 1 rings (SSSR count). The van der Waals surface area contributed by atoms with Crippen LogP contribution in [0.4, 0.5) is 0 Å². The first-order valence-corrected chi connectivity index (χ1v) is 7.21. The lowest BCUT2D eigenvalue weighted by Crippen LogP contribution is -2.36. The summed E-state index contributed by atoms with van der Waals surface area (Å²) in [6.07, 6.45) is 6.80.